The summed E-state index contributed by atoms with van der Waals surface area (Å²) in [4.78, 5) is 2.58. The molecule has 0 bridgehead atoms. The summed E-state index contributed by atoms with van der Waals surface area (Å²) in [5.74, 6) is 0.975. The van der Waals surface area contributed by atoms with Gasteiger partial charge in [0.1, 0.15) is 0 Å². The number of nitrogens with one attached hydrogen (secondary N) is 1. The van der Waals surface area contributed by atoms with Crippen molar-refractivity contribution in [2.24, 2.45) is 11.3 Å². The lowest BCUT2D eigenvalue weighted by molar-refractivity contribution is -0.0259. The molecule has 1 aliphatic heterocycles. The monoisotopic (exact) mass is 266 g/mol. The summed E-state index contributed by atoms with van der Waals surface area (Å²) in [7, 11) is 2.31. The first-order chi connectivity index (χ1) is 9.26. The fraction of sp³-hybridized carbons (Fsp3) is 1.00. The number of nitrogens with zero attached hydrogens (tertiary/aromatic N) is 1. The highest BCUT2D eigenvalue weighted by atomic mass is 16.5. The molecular weight excluding hydrogens is 236 g/mol. The molecule has 3 nitrogen and oxygen atoms in total. The van der Waals surface area contributed by atoms with Gasteiger partial charge in [-0.25, -0.2) is 0 Å². The number of hydrogen-bond donors (Lipinski definition) is 1. The summed E-state index contributed by atoms with van der Waals surface area (Å²) in [6.45, 7) is 5.60. The van der Waals surface area contributed by atoms with Gasteiger partial charge in [-0.3, -0.25) is 0 Å². The van der Waals surface area contributed by atoms with Gasteiger partial charge in [0.15, 0.2) is 0 Å². The predicted molar refractivity (Wildman–Crippen MR) is 78.3 cm³/mol. The molecule has 3 fully saturated rings. The van der Waals surface area contributed by atoms with Gasteiger partial charge in [0.2, 0.25) is 0 Å². The van der Waals surface area contributed by atoms with Gasteiger partial charge in [-0.1, -0.05) is 6.42 Å². The Bertz CT molecular complexity index is 280. The first kappa shape index (κ1) is 13.8. The molecule has 0 amide bonds. The van der Waals surface area contributed by atoms with E-state index in [4.69, 9.17) is 4.74 Å². The molecule has 1 saturated heterocycles. The van der Waals surface area contributed by atoms with Crippen LogP contribution in [0.5, 0.6) is 0 Å². The van der Waals surface area contributed by atoms with E-state index in [1.165, 1.54) is 58.0 Å². The highest BCUT2D eigenvalue weighted by Crippen LogP contribution is 2.32. The highest BCUT2D eigenvalue weighted by molar-refractivity contribution is 4.91. The normalized spacial score (nSPS) is 32.5. The third kappa shape index (κ3) is 3.93. The molecule has 0 radical (unpaired) electrons. The number of rotatable bonds is 7. The zero-order valence-corrected chi connectivity index (χ0v) is 12.5. The molecule has 2 aliphatic carbocycles. The maximum Gasteiger partial charge on any atom is 0.0546 e. The van der Waals surface area contributed by atoms with Crippen LogP contribution in [0.15, 0.2) is 0 Å². The second kappa shape index (κ2) is 6.11. The molecule has 110 valence electrons. The van der Waals surface area contributed by atoms with Crippen molar-refractivity contribution in [3.05, 3.63) is 0 Å². The Morgan fingerprint density at radius 1 is 1.21 bits per heavy atom. The molecule has 1 atom stereocenters. The fourth-order valence-corrected chi connectivity index (χ4v) is 3.63. The predicted octanol–water partition coefficient (Wildman–Crippen LogP) is 2.27. The van der Waals surface area contributed by atoms with Crippen molar-refractivity contribution in [2.45, 2.75) is 51.0 Å². The summed E-state index contributed by atoms with van der Waals surface area (Å²) in [5.41, 5.74) is 0.374. The summed E-state index contributed by atoms with van der Waals surface area (Å²) >= 11 is 0. The Hall–Kier alpha value is -0.120. The largest absolute Gasteiger partial charge is 0.381 e. The summed E-state index contributed by atoms with van der Waals surface area (Å²) < 4.78 is 5.82. The molecule has 3 aliphatic rings. The number of ether oxygens (including phenoxy) is 1. The Kier molecular flexibility index (Phi) is 4.45. The number of hydrogen-bond acceptors (Lipinski definition) is 3. The molecule has 1 heterocycles. The average molecular weight is 266 g/mol. The van der Waals surface area contributed by atoms with Gasteiger partial charge >= 0.3 is 0 Å². The van der Waals surface area contributed by atoms with Crippen LogP contribution in [-0.4, -0.2) is 50.8 Å². The van der Waals surface area contributed by atoms with E-state index in [1.807, 2.05) is 0 Å². The molecule has 1 N–H and O–H groups in total. The van der Waals surface area contributed by atoms with Gasteiger partial charge in [-0.2, -0.15) is 0 Å². The van der Waals surface area contributed by atoms with Crippen molar-refractivity contribution >= 4 is 0 Å². The van der Waals surface area contributed by atoms with Gasteiger partial charge in [0, 0.05) is 37.7 Å². The molecule has 3 heteroatoms. The van der Waals surface area contributed by atoms with Crippen LogP contribution in [0.1, 0.15) is 44.9 Å². The van der Waals surface area contributed by atoms with E-state index in [0.29, 0.717) is 5.41 Å². The maximum atomic E-state index is 5.82. The second-order valence-electron chi connectivity index (χ2n) is 7.30. The molecule has 0 aromatic heterocycles. The smallest absolute Gasteiger partial charge is 0.0546 e. The third-order valence-corrected chi connectivity index (χ3v) is 5.15. The Balaban J connectivity index is 1.50. The molecule has 0 aromatic rings. The van der Waals surface area contributed by atoms with Gasteiger partial charge in [0.05, 0.1) is 6.61 Å². The molecule has 2 saturated carbocycles. The van der Waals surface area contributed by atoms with Crippen molar-refractivity contribution in [3.63, 3.8) is 0 Å². The second-order valence-corrected chi connectivity index (χ2v) is 7.30. The van der Waals surface area contributed by atoms with Crippen LogP contribution in [-0.2, 0) is 4.74 Å². The van der Waals surface area contributed by atoms with Crippen LogP contribution in [0.3, 0.4) is 0 Å². The molecule has 0 spiro atoms. The van der Waals surface area contributed by atoms with Crippen LogP contribution in [0.25, 0.3) is 0 Å². The lowest BCUT2D eigenvalue weighted by atomic mass is 9.80. The standard InChI is InChI=1S/C16H30N2O/c1-18(10-14-4-2-5-14)12-16(8-3-9-19-13-16)11-17-15-6-7-15/h14-15,17H,2-13H2,1H3. The average Bonchev–Trinajstić information content (AvgIpc) is 3.17. The Labute approximate surface area is 118 Å². The molecular formula is C16H30N2O. The van der Waals surface area contributed by atoms with E-state index < -0.39 is 0 Å². The first-order valence-corrected chi connectivity index (χ1v) is 8.25. The van der Waals surface area contributed by atoms with Crippen LogP contribution in [0, 0.1) is 11.3 Å². The Morgan fingerprint density at radius 3 is 2.63 bits per heavy atom. The van der Waals surface area contributed by atoms with E-state index in [0.717, 1.165) is 31.7 Å². The van der Waals surface area contributed by atoms with E-state index in [9.17, 15) is 0 Å². The minimum atomic E-state index is 0.374. The first-order valence-electron chi connectivity index (χ1n) is 8.25. The van der Waals surface area contributed by atoms with Crippen LogP contribution >= 0.6 is 0 Å². The summed E-state index contributed by atoms with van der Waals surface area (Å²) in [5, 5.41) is 3.75. The third-order valence-electron chi connectivity index (χ3n) is 5.15. The fourth-order valence-electron chi connectivity index (χ4n) is 3.63. The summed E-state index contributed by atoms with van der Waals surface area (Å²) in [6, 6.07) is 0.815. The maximum absolute atomic E-state index is 5.82. The lowest BCUT2D eigenvalue weighted by Crippen LogP contribution is -2.49. The zero-order chi connectivity index (χ0) is 13.1. The molecule has 1 unspecified atom stereocenters. The van der Waals surface area contributed by atoms with Crippen molar-refractivity contribution in [2.75, 3.05) is 39.9 Å². The quantitative estimate of drug-likeness (QED) is 0.765. The van der Waals surface area contributed by atoms with Gasteiger partial charge in [-0.15, -0.1) is 0 Å². The van der Waals surface area contributed by atoms with Gasteiger partial charge < -0.3 is 15.0 Å². The molecule has 0 aromatic carbocycles. The van der Waals surface area contributed by atoms with Crippen molar-refractivity contribution in [1.29, 1.82) is 0 Å². The van der Waals surface area contributed by atoms with Crippen molar-refractivity contribution < 1.29 is 4.74 Å². The van der Waals surface area contributed by atoms with Crippen LogP contribution in [0.4, 0.5) is 0 Å². The molecule has 19 heavy (non-hydrogen) atoms. The van der Waals surface area contributed by atoms with Crippen molar-refractivity contribution in [1.82, 2.24) is 10.2 Å². The van der Waals surface area contributed by atoms with E-state index in [2.05, 4.69) is 17.3 Å². The van der Waals surface area contributed by atoms with Gasteiger partial charge in [-0.05, 0) is 51.5 Å². The topological polar surface area (TPSA) is 24.5 Å². The van der Waals surface area contributed by atoms with Crippen molar-refractivity contribution in [3.8, 4) is 0 Å². The van der Waals surface area contributed by atoms with E-state index in [-0.39, 0.29) is 0 Å². The summed E-state index contributed by atoms with van der Waals surface area (Å²) in [6.07, 6.45) is 9.70. The lowest BCUT2D eigenvalue weighted by Gasteiger charge is -2.41. The minimum absolute atomic E-state index is 0.374. The van der Waals surface area contributed by atoms with Crippen LogP contribution < -0.4 is 5.32 Å². The van der Waals surface area contributed by atoms with E-state index >= 15 is 0 Å². The molecule has 3 rings (SSSR count). The highest BCUT2D eigenvalue weighted by Gasteiger charge is 2.36. The van der Waals surface area contributed by atoms with Crippen LogP contribution in [0.2, 0.25) is 0 Å². The van der Waals surface area contributed by atoms with Gasteiger partial charge in [0.25, 0.3) is 0 Å². The van der Waals surface area contributed by atoms with E-state index in [1.54, 1.807) is 0 Å². The SMILES string of the molecule is CN(CC1CCC1)CC1(CNC2CC2)CCCOC1. The Morgan fingerprint density at radius 2 is 2.05 bits per heavy atom. The zero-order valence-electron chi connectivity index (χ0n) is 12.5. The minimum Gasteiger partial charge on any atom is -0.381 e.